The van der Waals surface area contributed by atoms with Crippen molar-refractivity contribution < 1.29 is 18.3 Å². The number of ether oxygens (including phenoxy) is 1. The van der Waals surface area contributed by atoms with Gasteiger partial charge in [-0.2, -0.15) is 0 Å². The topological polar surface area (TPSA) is 80.2 Å². The molecule has 1 aromatic heterocycles. The summed E-state index contributed by atoms with van der Waals surface area (Å²) >= 11 is 0. The van der Waals surface area contributed by atoms with E-state index in [-0.39, 0.29) is 11.9 Å². The molecular weight excluding hydrogens is 452 g/mol. The number of hydrogen-bond acceptors (Lipinski definition) is 5. The third-order valence-corrected chi connectivity index (χ3v) is 7.00. The van der Waals surface area contributed by atoms with Gasteiger partial charge in [0.1, 0.15) is 11.6 Å². The normalized spacial score (nSPS) is 19.3. The molecule has 9 heteroatoms. The van der Waals surface area contributed by atoms with E-state index in [2.05, 4.69) is 20.9 Å². The van der Waals surface area contributed by atoms with Gasteiger partial charge < -0.3 is 25.3 Å². The molecular formula is C26H37F2N5O2. The van der Waals surface area contributed by atoms with Crippen LogP contribution in [0.4, 0.5) is 14.6 Å². The Labute approximate surface area is 206 Å². The maximum Gasteiger partial charge on any atom is 0.242 e. The number of carbonyl (C=O) groups excluding carboxylic acids is 1. The summed E-state index contributed by atoms with van der Waals surface area (Å²) < 4.78 is 35.2. The second-order valence-corrected chi connectivity index (χ2v) is 9.72. The number of nitrogens with zero attached hydrogens (tertiary/aromatic N) is 2. The fourth-order valence-electron chi connectivity index (χ4n) is 5.02. The first-order chi connectivity index (χ1) is 17.0. The lowest BCUT2D eigenvalue weighted by Crippen LogP contribution is -2.48. The molecule has 0 spiro atoms. The van der Waals surface area contributed by atoms with Crippen LogP contribution in [-0.4, -0.2) is 53.8 Å². The van der Waals surface area contributed by atoms with Gasteiger partial charge in [-0.15, -0.1) is 0 Å². The van der Waals surface area contributed by atoms with E-state index in [9.17, 15) is 13.6 Å². The number of nitrogens with one attached hydrogen (secondary N) is 3. The summed E-state index contributed by atoms with van der Waals surface area (Å²) in [6.45, 7) is 6.35. The summed E-state index contributed by atoms with van der Waals surface area (Å²) in [7, 11) is 0. The number of carbonyl (C=O) groups is 1. The van der Waals surface area contributed by atoms with Crippen LogP contribution in [0.5, 0.6) is 0 Å². The van der Waals surface area contributed by atoms with E-state index in [0.717, 1.165) is 70.2 Å². The number of hydrogen-bond donors (Lipinski definition) is 3. The summed E-state index contributed by atoms with van der Waals surface area (Å²) in [6, 6.07) is 1.92. The number of anilines is 1. The summed E-state index contributed by atoms with van der Waals surface area (Å²) in [5, 5.41) is 9.84. The van der Waals surface area contributed by atoms with Crippen LogP contribution in [0.2, 0.25) is 0 Å². The number of benzene rings is 1. The Bertz CT molecular complexity index is 977. The molecule has 2 aromatic rings. The van der Waals surface area contributed by atoms with Crippen molar-refractivity contribution in [3.63, 3.8) is 0 Å². The first-order valence-electron chi connectivity index (χ1n) is 12.9. The maximum atomic E-state index is 14.3. The summed E-state index contributed by atoms with van der Waals surface area (Å²) in [6.07, 6.45) is 9.08. The maximum absolute atomic E-state index is 14.3. The van der Waals surface area contributed by atoms with Gasteiger partial charge in [0.25, 0.3) is 0 Å². The van der Waals surface area contributed by atoms with E-state index in [4.69, 9.17) is 4.74 Å². The van der Waals surface area contributed by atoms with Gasteiger partial charge >= 0.3 is 0 Å². The molecule has 0 bridgehead atoms. The van der Waals surface area contributed by atoms with Crippen molar-refractivity contribution in [2.45, 2.75) is 70.5 Å². The molecule has 1 aliphatic carbocycles. The summed E-state index contributed by atoms with van der Waals surface area (Å²) in [4.78, 5) is 17.3. The zero-order chi connectivity index (χ0) is 24.6. The number of rotatable bonds is 11. The lowest BCUT2D eigenvalue weighted by atomic mass is 9.87. The Balaban J connectivity index is 1.25. The molecule has 2 atom stereocenters. The number of aromatic nitrogens is 2. The molecule has 1 saturated heterocycles. The third-order valence-electron chi connectivity index (χ3n) is 7.00. The molecule has 2 heterocycles. The molecule has 35 heavy (non-hydrogen) atoms. The van der Waals surface area contributed by atoms with Gasteiger partial charge in [0, 0.05) is 44.6 Å². The minimum absolute atomic E-state index is 0.0379. The Morgan fingerprint density at radius 1 is 1.26 bits per heavy atom. The highest BCUT2D eigenvalue weighted by atomic mass is 19.1. The van der Waals surface area contributed by atoms with Gasteiger partial charge in [-0.1, -0.05) is 13.3 Å². The average Bonchev–Trinajstić information content (AvgIpc) is 3.29. The summed E-state index contributed by atoms with van der Waals surface area (Å²) in [5.74, 6) is 0.0267. The Kier molecular flexibility index (Phi) is 9.23. The molecule has 1 amide bonds. The van der Waals surface area contributed by atoms with Crippen molar-refractivity contribution in [3.05, 3.63) is 47.4 Å². The molecule has 1 unspecified atom stereocenters. The predicted molar refractivity (Wildman–Crippen MR) is 131 cm³/mol. The van der Waals surface area contributed by atoms with Crippen molar-refractivity contribution in [3.8, 4) is 0 Å². The molecule has 0 radical (unpaired) electrons. The van der Waals surface area contributed by atoms with Crippen LogP contribution in [0.25, 0.3) is 0 Å². The molecule has 192 valence electrons. The van der Waals surface area contributed by atoms with Crippen molar-refractivity contribution >= 4 is 11.7 Å². The monoisotopic (exact) mass is 489 g/mol. The number of halogens is 2. The molecule has 1 fully saturated rings. The van der Waals surface area contributed by atoms with Crippen molar-refractivity contribution in [1.82, 2.24) is 20.2 Å². The van der Waals surface area contributed by atoms with Crippen LogP contribution in [-0.2, 0) is 28.9 Å². The zero-order valence-electron chi connectivity index (χ0n) is 20.5. The minimum atomic E-state index is -0.537. The smallest absolute Gasteiger partial charge is 0.242 e. The molecule has 4 rings (SSSR count). The fourth-order valence-corrected chi connectivity index (χ4v) is 5.02. The van der Waals surface area contributed by atoms with Crippen LogP contribution in [0.3, 0.4) is 0 Å². The largest absolute Gasteiger partial charge is 0.381 e. The molecule has 7 nitrogen and oxygen atoms in total. The van der Waals surface area contributed by atoms with Crippen LogP contribution >= 0.6 is 0 Å². The molecule has 2 aliphatic rings. The summed E-state index contributed by atoms with van der Waals surface area (Å²) in [5.41, 5.74) is 1.28. The van der Waals surface area contributed by atoms with Crippen molar-refractivity contribution in [2.75, 3.05) is 31.6 Å². The second kappa shape index (κ2) is 12.6. The van der Waals surface area contributed by atoms with Gasteiger partial charge in [-0.05, 0) is 68.2 Å². The molecule has 3 N–H and O–H groups in total. The van der Waals surface area contributed by atoms with Gasteiger partial charge in [0.2, 0.25) is 5.91 Å². The molecule has 0 saturated carbocycles. The molecule has 1 aromatic carbocycles. The van der Waals surface area contributed by atoms with Crippen LogP contribution < -0.4 is 16.0 Å². The van der Waals surface area contributed by atoms with E-state index in [1.54, 1.807) is 6.33 Å². The third kappa shape index (κ3) is 7.32. The highest BCUT2D eigenvalue weighted by Gasteiger charge is 2.27. The predicted octanol–water partition coefficient (Wildman–Crippen LogP) is 3.43. The van der Waals surface area contributed by atoms with Gasteiger partial charge in [0.15, 0.2) is 5.82 Å². The Morgan fingerprint density at radius 3 is 2.89 bits per heavy atom. The molecule has 1 aliphatic heterocycles. The van der Waals surface area contributed by atoms with Crippen molar-refractivity contribution in [2.24, 2.45) is 5.92 Å². The van der Waals surface area contributed by atoms with E-state index in [1.165, 1.54) is 6.07 Å². The number of amides is 1. The Hall–Kier alpha value is -2.36. The minimum Gasteiger partial charge on any atom is -0.381 e. The van der Waals surface area contributed by atoms with Crippen LogP contribution in [0.15, 0.2) is 24.7 Å². The Morgan fingerprint density at radius 2 is 2.09 bits per heavy atom. The average molecular weight is 490 g/mol. The highest BCUT2D eigenvalue weighted by molar-refractivity contribution is 5.94. The fraction of sp³-hybridized carbons (Fsp3) is 0.615. The van der Waals surface area contributed by atoms with Gasteiger partial charge in [-0.3, -0.25) is 4.79 Å². The van der Waals surface area contributed by atoms with Crippen molar-refractivity contribution in [1.29, 1.82) is 0 Å². The van der Waals surface area contributed by atoms with E-state index < -0.39 is 17.7 Å². The van der Waals surface area contributed by atoms with E-state index in [0.29, 0.717) is 36.6 Å². The van der Waals surface area contributed by atoms with Gasteiger partial charge in [-0.25, -0.2) is 13.8 Å². The lowest BCUT2D eigenvalue weighted by Gasteiger charge is -2.29. The first kappa shape index (κ1) is 25.7. The zero-order valence-corrected chi connectivity index (χ0v) is 20.5. The van der Waals surface area contributed by atoms with E-state index in [1.807, 2.05) is 17.7 Å². The van der Waals surface area contributed by atoms with Crippen LogP contribution in [0.1, 0.15) is 50.2 Å². The highest BCUT2D eigenvalue weighted by Crippen LogP contribution is 2.26. The first-order valence-corrected chi connectivity index (χ1v) is 12.9. The standard InChI is InChI=1S/C26H37F2N5O2/c1-2-3-24(31-21-5-4-19-12-20(27)13-23(28)22(19)14-21)26(34)32-25-16-33(17-30-25)9-8-29-15-18-6-10-35-11-7-18/h12-13,16-18,21,24,29,31H,2-11,14-15H2,1H3,(H,32,34)/t21?,24-/m0/s1. The number of aryl methyl sites for hydroxylation is 1. The lowest BCUT2D eigenvalue weighted by molar-refractivity contribution is -0.118. The van der Waals surface area contributed by atoms with Crippen LogP contribution in [0, 0.1) is 17.6 Å². The number of imidazole rings is 1. The number of fused-ring (bicyclic) bond motifs is 1. The second-order valence-electron chi connectivity index (χ2n) is 9.72. The van der Waals surface area contributed by atoms with Gasteiger partial charge in [0.05, 0.1) is 12.4 Å². The SMILES string of the molecule is CCC[C@H](NC1CCc2cc(F)cc(F)c2C1)C(=O)Nc1cn(CCNCC2CCOCC2)cn1. The van der Waals surface area contributed by atoms with E-state index >= 15 is 0 Å². The quantitative estimate of drug-likeness (QED) is 0.422.